The monoisotopic (exact) mass is 469 g/mol. The summed E-state index contributed by atoms with van der Waals surface area (Å²) >= 11 is 0. The van der Waals surface area contributed by atoms with Crippen LogP contribution in [0.25, 0.3) is 15.9 Å². The smallest absolute Gasteiger partial charge is 0.490 e. The Bertz CT molecular complexity index is 1360. The van der Waals surface area contributed by atoms with Crippen molar-refractivity contribution in [2.45, 2.75) is 25.3 Å². The molecule has 0 unspecified atom stereocenters. The summed E-state index contributed by atoms with van der Waals surface area (Å²) in [6.07, 6.45) is -3.87. The number of rotatable bonds is 4. The molecule has 11 heteroatoms. The molecule has 4 rings (SSSR count). The van der Waals surface area contributed by atoms with E-state index >= 15 is 0 Å². The van der Waals surface area contributed by atoms with E-state index in [0.29, 0.717) is 48.4 Å². The number of halogens is 3. The van der Waals surface area contributed by atoms with Gasteiger partial charge in [-0.15, -0.1) is 18.2 Å². The van der Waals surface area contributed by atoms with Gasteiger partial charge < -0.3 is 23.8 Å². The maximum absolute atomic E-state index is 12.8. The van der Waals surface area contributed by atoms with Crippen LogP contribution in [0.1, 0.15) is 18.4 Å². The fraction of sp³-hybridized carbons (Fsp3) is 0.304. The molecule has 0 bridgehead atoms. The van der Waals surface area contributed by atoms with E-state index < -0.39 is 11.9 Å². The van der Waals surface area contributed by atoms with Gasteiger partial charge in [-0.25, -0.2) is 0 Å². The molecule has 1 aliphatic heterocycles. The van der Waals surface area contributed by atoms with E-state index in [4.69, 9.17) is 11.3 Å². The highest BCUT2D eigenvalue weighted by atomic mass is 19.4. The normalized spacial score (nSPS) is 14.5. The van der Waals surface area contributed by atoms with Crippen LogP contribution in [-0.4, -0.2) is 35.1 Å². The highest BCUT2D eigenvalue weighted by Gasteiger charge is 2.31. The van der Waals surface area contributed by atoms with Gasteiger partial charge in [0.25, 0.3) is 11.4 Å². The lowest BCUT2D eigenvalue weighted by Gasteiger charge is -2.34. The third-order valence-electron chi connectivity index (χ3n) is 5.54. The summed E-state index contributed by atoms with van der Waals surface area (Å²) in [7, 11) is 1.56. The molecular weight excluding hydrogens is 451 g/mol. The maximum Gasteiger partial charge on any atom is 0.573 e. The third kappa shape index (κ3) is 4.59. The number of pyridine rings is 2. The number of aromatic nitrogens is 2. The maximum atomic E-state index is 12.8. The molecule has 3 heterocycles. The van der Waals surface area contributed by atoms with E-state index in [1.165, 1.54) is 34.9 Å². The summed E-state index contributed by atoms with van der Waals surface area (Å²) < 4.78 is 48.0. The third-order valence-corrected chi connectivity index (χ3v) is 5.54. The Hall–Kier alpha value is -4.25. The van der Waals surface area contributed by atoms with Gasteiger partial charge in [0, 0.05) is 33.0 Å². The van der Waals surface area contributed by atoms with Gasteiger partial charge in [-0.2, -0.15) is 5.26 Å². The van der Waals surface area contributed by atoms with E-state index in [0.717, 1.165) is 0 Å². The highest BCUT2D eigenvalue weighted by Crippen LogP contribution is 2.32. The molecule has 8 nitrogen and oxygen atoms in total. The minimum absolute atomic E-state index is 0.0377. The minimum atomic E-state index is -4.76. The van der Waals surface area contributed by atoms with Gasteiger partial charge in [-0.1, -0.05) is 6.57 Å². The van der Waals surface area contributed by atoms with Crippen LogP contribution in [0, 0.1) is 17.9 Å². The summed E-state index contributed by atoms with van der Waals surface area (Å²) in [5.74, 6) is 0.239. The second-order valence-electron chi connectivity index (χ2n) is 7.67. The van der Waals surface area contributed by atoms with Crippen LogP contribution in [0.4, 0.5) is 24.7 Å². The first kappa shape index (κ1) is 22.9. The number of nitrogens with zero attached hydrogens (tertiary/aromatic N) is 5. The van der Waals surface area contributed by atoms with Crippen LogP contribution >= 0.6 is 0 Å². The number of hydrogen-bond donors (Lipinski definition) is 0. The van der Waals surface area contributed by atoms with Gasteiger partial charge in [0.2, 0.25) is 5.52 Å². The zero-order chi connectivity index (χ0) is 24.5. The largest absolute Gasteiger partial charge is 0.573 e. The van der Waals surface area contributed by atoms with Crippen LogP contribution in [0.3, 0.4) is 0 Å². The number of piperidine rings is 1. The highest BCUT2D eigenvalue weighted by molar-refractivity contribution is 5.92. The Morgan fingerprint density at radius 3 is 2.38 bits per heavy atom. The van der Waals surface area contributed by atoms with Crippen LogP contribution in [0.2, 0.25) is 0 Å². The molecule has 2 aromatic heterocycles. The van der Waals surface area contributed by atoms with Crippen molar-refractivity contribution in [2.75, 3.05) is 18.0 Å². The average Bonchev–Trinajstić information content (AvgIpc) is 2.82. The Morgan fingerprint density at radius 1 is 1.15 bits per heavy atom. The first-order valence-corrected chi connectivity index (χ1v) is 10.3. The first-order valence-electron chi connectivity index (χ1n) is 10.3. The Kier molecular flexibility index (Phi) is 6.03. The molecule has 1 aromatic carbocycles. The molecule has 0 saturated carbocycles. The van der Waals surface area contributed by atoms with Crippen molar-refractivity contribution in [3.8, 4) is 17.6 Å². The lowest BCUT2D eigenvalue weighted by Crippen LogP contribution is -2.40. The average molecular weight is 469 g/mol. The number of anilines is 1. The fourth-order valence-corrected chi connectivity index (χ4v) is 3.96. The lowest BCUT2D eigenvalue weighted by molar-refractivity contribution is -0.274. The molecular formula is C23H18F3N5O3. The van der Waals surface area contributed by atoms with Crippen molar-refractivity contribution in [1.29, 1.82) is 5.26 Å². The van der Waals surface area contributed by atoms with E-state index in [9.17, 15) is 23.2 Å². The molecule has 174 valence electrons. The zero-order valence-electron chi connectivity index (χ0n) is 18.0. The van der Waals surface area contributed by atoms with Crippen molar-refractivity contribution < 1.29 is 22.6 Å². The van der Waals surface area contributed by atoms with Crippen molar-refractivity contribution in [2.24, 2.45) is 7.05 Å². The molecule has 1 aliphatic rings. The summed E-state index contributed by atoms with van der Waals surface area (Å²) in [4.78, 5) is 22.4. The minimum Gasteiger partial charge on any atom is -0.490 e. The Labute approximate surface area is 192 Å². The molecule has 34 heavy (non-hydrogen) atoms. The number of fused-ring (bicyclic) bond motifs is 1. The van der Waals surface area contributed by atoms with Crippen molar-refractivity contribution in [3.05, 3.63) is 63.7 Å². The standard InChI is InChI=1S/C23H18F3N5O3/c1-28-19-8-7-18-20(29-19)21(17(13-27)22(32)30(18)2)31-11-9-15(10-12-31)33-14-3-5-16(6-4-14)34-23(24,25)26/h3-8,15H,9-12H2,2H3. The van der Waals surface area contributed by atoms with E-state index in [1.54, 1.807) is 13.1 Å². The molecule has 0 atom stereocenters. The Balaban J connectivity index is 1.54. The van der Waals surface area contributed by atoms with Crippen LogP contribution in [0.5, 0.6) is 11.5 Å². The van der Waals surface area contributed by atoms with E-state index in [-0.39, 0.29) is 23.2 Å². The summed E-state index contributed by atoms with van der Waals surface area (Å²) in [5.41, 5.74) is 0.849. The molecule has 1 saturated heterocycles. The predicted molar refractivity (Wildman–Crippen MR) is 117 cm³/mol. The number of ether oxygens (including phenoxy) is 2. The molecule has 0 radical (unpaired) electrons. The molecule has 3 aromatic rings. The first-order chi connectivity index (χ1) is 16.2. The van der Waals surface area contributed by atoms with Crippen LogP contribution in [-0.2, 0) is 7.05 Å². The number of alkyl halides is 3. The van der Waals surface area contributed by atoms with Crippen molar-refractivity contribution >= 4 is 22.5 Å². The summed E-state index contributed by atoms with van der Waals surface area (Å²) in [6.45, 7) is 8.17. The summed E-state index contributed by atoms with van der Waals surface area (Å²) in [6, 6.07) is 10.3. The summed E-state index contributed by atoms with van der Waals surface area (Å²) in [5, 5.41) is 9.70. The molecule has 1 fully saturated rings. The predicted octanol–water partition coefficient (Wildman–Crippen LogP) is 4.30. The quantitative estimate of drug-likeness (QED) is 0.530. The van der Waals surface area contributed by atoms with E-state index in [2.05, 4.69) is 14.6 Å². The Morgan fingerprint density at radius 2 is 1.79 bits per heavy atom. The number of hydrogen-bond acceptors (Lipinski definition) is 6. The molecule has 0 spiro atoms. The zero-order valence-corrected chi connectivity index (χ0v) is 18.0. The SMILES string of the molecule is [C-]#[N+]c1ccc2c(n1)c(N1CCC(Oc3ccc(OC(F)(F)F)cc3)CC1)c(C#N)c(=O)n2C. The van der Waals surface area contributed by atoms with Gasteiger partial charge in [0.15, 0.2) is 0 Å². The number of aryl methyl sites for hydroxylation is 1. The van der Waals surface area contributed by atoms with Crippen LogP contribution in [0.15, 0.2) is 41.2 Å². The van der Waals surface area contributed by atoms with Gasteiger partial charge in [-0.05, 0) is 36.4 Å². The van der Waals surface area contributed by atoms with Gasteiger partial charge in [0.05, 0.1) is 5.52 Å². The molecule has 0 amide bonds. The molecule has 0 N–H and O–H groups in total. The van der Waals surface area contributed by atoms with Gasteiger partial charge in [0.1, 0.15) is 34.9 Å². The van der Waals surface area contributed by atoms with Gasteiger partial charge in [-0.3, -0.25) is 4.79 Å². The number of benzene rings is 1. The topological polar surface area (TPSA) is 84.7 Å². The van der Waals surface area contributed by atoms with Gasteiger partial charge >= 0.3 is 6.36 Å². The lowest BCUT2D eigenvalue weighted by atomic mass is 10.0. The second-order valence-corrected chi connectivity index (χ2v) is 7.67. The fourth-order valence-electron chi connectivity index (χ4n) is 3.96. The molecule has 0 aliphatic carbocycles. The number of nitriles is 1. The van der Waals surface area contributed by atoms with E-state index in [1.807, 2.05) is 11.0 Å². The van der Waals surface area contributed by atoms with Crippen molar-refractivity contribution in [1.82, 2.24) is 9.55 Å². The van der Waals surface area contributed by atoms with Crippen LogP contribution < -0.4 is 19.9 Å². The van der Waals surface area contributed by atoms with Crippen molar-refractivity contribution in [3.63, 3.8) is 0 Å². The second kappa shape index (κ2) is 8.94.